The van der Waals surface area contributed by atoms with E-state index in [1.165, 1.54) is 11.6 Å². The lowest BCUT2D eigenvalue weighted by molar-refractivity contribution is -0.438. The summed E-state index contributed by atoms with van der Waals surface area (Å²) in [6, 6.07) is 13.1. The van der Waals surface area contributed by atoms with Gasteiger partial charge in [-0.2, -0.15) is 13.0 Å². The van der Waals surface area contributed by atoms with Crippen LogP contribution in [0.1, 0.15) is 90.2 Å². The number of unbranched alkanes of at least 4 members (excludes halogenated alkanes) is 4. The normalized spacial score (nSPS) is 17.7. The highest BCUT2D eigenvalue weighted by Crippen LogP contribution is 2.48. The molecule has 0 radical (unpaired) electrons. The minimum absolute atomic E-state index is 0.123. The Labute approximate surface area is 266 Å². The molecule has 0 amide bonds. The number of aliphatic carboxylic acids is 2. The zero-order chi connectivity index (χ0) is 33.0. The molecule has 2 aliphatic rings. The van der Waals surface area contributed by atoms with E-state index < -0.39 is 27.5 Å². The molecule has 0 atom stereocenters. The molecule has 9 nitrogen and oxygen atoms in total. The molecule has 2 aliphatic heterocycles. The van der Waals surface area contributed by atoms with Gasteiger partial charge >= 0.3 is 11.9 Å². The van der Waals surface area contributed by atoms with Crippen LogP contribution in [0, 0.1) is 0 Å². The Bertz CT molecular complexity index is 1650. The highest BCUT2D eigenvalue weighted by molar-refractivity contribution is 7.85. The number of nitrogens with zero attached hydrogens (tertiary/aromatic N) is 2. The Balaban J connectivity index is 1.68. The Morgan fingerprint density at radius 3 is 2.13 bits per heavy atom. The summed E-state index contributed by atoms with van der Waals surface area (Å²) < 4.78 is 36.0. The average molecular weight is 638 g/mol. The molecule has 4 rings (SSSR count). The fourth-order valence-electron chi connectivity index (χ4n) is 6.61. The monoisotopic (exact) mass is 637 g/mol. The van der Waals surface area contributed by atoms with E-state index in [0.29, 0.717) is 19.4 Å². The zero-order valence-corrected chi connectivity index (χ0v) is 27.4. The number of carboxylic acid groups (broad SMARTS) is 2. The lowest BCUT2D eigenvalue weighted by Gasteiger charge is -2.27. The molecule has 0 bridgehead atoms. The molecule has 0 aromatic heterocycles. The van der Waals surface area contributed by atoms with Crippen molar-refractivity contribution in [1.82, 2.24) is 0 Å². The number of rotatable bonds is 15. The van der Waals surface area contributed by atoms with Crippen LogP contribution < -0.4 is 4.90 Å². The zero-order valence-electron chi connectivity index (χ0n) is 26.6. The Kier molecular flexibility index (Phi) is 10.4. The van der Waals surface area contributed by atoms with Crippen molar-refractivity contribution in [1.29, 1.82) is 0 Å². The van der Waals surface area contributed by atoms with Crippen molar-refractivity contribution < 1.29 is 37.3 Å². The van der Waals surface area contributed by atoms with Crippen LogP contribution >= 0.6 is 0 Å². The SMILES string of the molecule is CC1(C)C(/C=C/C=C2/N(CCCCCC(=O)O)c3ccc(S(=O)(=O)O)cc3C2(C)C)=[N+](CCCCCC(=O)O)c2ccccc21. The molecule has 242 valence electrons. The molecule has 3 N–H and O–H groups in total. The summed E-state index contributed by atoms with van der Waals surface area (Å²) in [6.07, 6.45) is 11.0. The summed E-state index contributed by atoms with van der Waals surface area (Å²) in [6.45, 7) is 9.90. The number of para-hydroxylation sites is 1. The fourth-order valence-corrected chi connectivity index (χ4v) is 7.12. The van der Waals surface area contributed by atoms with Gasteiger partial charge in [0.05, 0.1) is 10.3 Å². The Hall–Kier alpha value is -3.76. The van der Waals surface area contributed by atoms with Gasteiger partial charge in [-0.3, -0.25) is 14.1 Å². The smallest absolute Gasteiger partial charge is 0.303 e. The second-order valence-electron chi connectivity index (χ2n) is 12.9. The van der Waals surface area contributed by atoms with E-state index in [2.05, 4.69) is 47.6 Å². The summed E-state index contributed by atoms with van der Waals surface area (Å²) >= 11 is 0. The number of allylic oxidation sites excluding steroid dienone is 4. The number of carboxylic acids is 2. The van der Waals surface area contributed by atoms with Gasteiger partial charge in [0, 0.05) is 60.3 Å². The third-order valence-corrected chi connectivity index (χ3v) is 9.86. The van der Waals surface area contributed by atoms with Gasteiger partial charge in [0.25, 0.3) is 10.1 Å². The van der Waals surface area contributed by atoms with Gasteiger partial charge in [-0.25, -0.2) is 0 Å². The maximum atomic E-state index is 12.0. The van der Waals surface area contributed by atoms with Gasteiger partial charge in [0.15, 0.2) is 5.71 Å². The lowest BCUT2D eigenvalue weighted by atomic mass is 9.81. The standard InChI is InChI=1S/C35H44N2O7S/c1-34(2)26-14-9-10-15-28(26)36(22-11-5-7-18-32(38)39)30(34)16-13-17-31-35(3,4)27-24-25(45(42,43)44)20-21-29(27)37(31)23-12-6-8-19-33(40)41/h9-10,13-17,20-21,24H,5-8,11-12,18-19,22-23H2,1-4H3,(H2-,38,39,40,41,42,43,44)/p+1. The van der Waals surface area contributed by atoms with Gasteiger partial charge in [-0.1, -0.05) is 44.5 Å². The maximum absolute atomic E-state index is 12.0. The highest BCUT2D eigenvalue weighted by atomic mass is 32.2. The second-order valence-corrected chi connectivity index (χ2v) is 14.4. The summed E-state index contributed by atoms with van der Waals surface area (Å²) in [5.41, 5.74) is 5.36. The minimum atomic E-state index is -4.38. The van der Waals surface area contributed by atoms with Crippen molar-refractivity contribution in [3.63, 3.8) is 0 Å². The molecule has 0 saturated carbocycles. The molecular formula is C35H45N2O7S+. The van der Waals surface area contributed by atoms with Crippen molar-refractivity contribution in [2.75, 3.05) is 18.0 Å². The molecule has 45 heavy (non-hydrogen) atoms. The van der Waals surface area contributed by atoms with Gasteiger partial charge in [-0.05, 0) is 69.4 Å². The predicted octanol–water partition coefficient (Wildman–Crippen LogP) is 6.84. The maximum Gasteiger partial charge on any atom is 0.303 e. The number of anilines is 1. The van der Waals surface area contributed by atoms with Crippen LogP contribution in [0.2, 0.25) is 0 Å². The summed E-state index contributed by atoms with van der Waals surface area (Å²) in [7, 11) is -4.38. The molecule has 0 spiro atoms. The molecule has 2 aromatic carbocycles. The number of hydrogen-bond donors (Lipinski definition) is 3. The van der Waals surface area contributed by atoms with Gasteiger partial charge in [0.1, 0.15) is 6.54 Å². The molecular weight excluding hydrogens is 592 g/mol. The molecule has 0 fully saturated rings. The number of hydrogen-bond acceptors (Lipinski definition) is 5. The molecule has 2 aromatic rings. The van der Waals surface area contributed by atoms with E-state index in [-0.39, 0.29) is 23.2 Å². The summed E-state index contributed by atoms with van der Waals surface area (Å²) in [5.74, 6) is -1.58. The first kappa shape index (κ1) is 34.1. The number of carbonyl (C=O) groups is 2. The van der Waals surface area contributed by atoms with Gasteiger partial charge < -0.3 is 15.1 Å². The van der Waals surface area contributed by atoms with E-state index in [9.17, 15) is 22.6 Å². The van der Waals surface area contributed by atoms with Crippen molar-refractivity contribution in [3.05, 3.63) is 77.5 Å². The first-order chi connectivity index (χ1) is 21.2. The molecule has 0 saturated heterocycles. The van der Waals surface area contributed by atoms with Crippen molar-refractivity contribution in [2.45, 2.75) is 94.8 Å². The first-order valence-electron chi connectivity index (χ1n) is 15.6. The fraction of sp³-hybridized carbons (Fsp3) is 0.457. The summed E-state index contributed by atoms with van der Waals surface area (Å²) in [5, 5.41) is 18.0. The van der Waals surface area contributed by atoms with Crippen LogP contribution in [0.5, 0.6) is 0 Å². The van der Waals surface area contributed by atoms with Crippen molar-refractivity contribution in [2.24, 2.45) is 0 Å². The topological polar surface area (TPSA) is 135 Å². The van der Waals surface area contributed by atoms with Gasteiger partial charge in [-0.15, -0.1) is 0 Å². The van der Waals surface area contributed by atoms with Crippen LogP contribution in [-0.4, -0.2) is 58.5 Å². The van der Waals surface area contributed by atoms with Crippen molar-refractivity contribution in [3.8, 4) is 0 Å². The van der Waals surface area contributed by atoms with Crippen LogP contribution in [0.15, 0.2) is 71.3 Å². The summed E-state index contributed by atoms with van der Waals surface area (Å²) in [4.78, 5) is 24.0. The van der Waals surface area contributed by atoms with Crippen LogP contribution in [-0.2, 0) is 30.5 Å². The average Bonchev–Trinajstić information content (AvgIpc) is 3.30. The van der Waals surface area contributed by atoms with E-state index in [1.54, 1.807) is 12.1 Å². The van der Waals surface area contributed by atoms with E-state index >= 15 is 0 Å². The first-order valence-corrected chi connectivity index (χ1v) is 17.1. The van der Waals surface area contributed by atoms with Crippen molar-refractivity contribution >= 4 is 39.1 Å². The lowest BCUT2D eigenvalue weighted by Crippen LogP contribution is -2.28. The van der Waals surface area contributed by atoms with Crippen LogP contribution in [0.4, 0.5) is 11.4 Å². The third-order valence-electron chi connectivity index (χ3n) is 9.01. The number of fused-ring (bicyclic) bond motifs is 2. The highest BCUT2D eigenvalue weighted by Gasteiger charge is 2.44. The van der Waals surface area contributed by atoms with E-state index in [0.717, 1.165) is 60.6 Å². The Morgan fingerprint density at radius 1 is 0.844 bits per heavy atom. The Morgan fingerprint density at radius 2 is 1.49 bits per heavy atom. The largest absolute Gasteiger partial charge is 0.481 e. The van der Waals surface area contributed by atoms with Crippen LogP contribution in [0.25, 0.3) is 0 Å². The van der Waals surface area contributed by atoms with E-state index in [1.807, 2.05) is 32.1 Å². The molecule has 0 unspecified atom stereocenters. The quantitative estimate of drug-likeness (QED) is 0.110. The van der Waals surface area contributed by atoms with Gasteiger partial charge in [0.2, 0.25) is 5.69 Å². The van der Waals surface area contributed by atoms with E-state index in [4.69, 9.17) is 10.2 Å². The third kappa shape index (κ3) is 7.56. The predicted molar refractivity (Wildman–Crippen MR) is 175 cm³/mol. The van der Waals surface area contributed by atoms with Crippen LogP contribution in [0.3, 0.4) is 0 Å². The minimum Gasteiger partial charge on any atom is -0.481 e. The molecule has 10 heteroatoms. The molecule has 2 heterocycles. The second kappa shape index (κ2) is 13.7. The molecule has 0 aliphatic carbocycles. The number of benzene rings is 2.